The summed E-state index contributed by atoms with van der Waals surface area (Å²) >= 11 is 0. The van der Waals surface area contributed by atoms with Gasteiger partial charge in [-0.15, -0.1) is 0 Å². The monoisotopic (exact) mass is 138 g/mol. The van der Waals surface area contributed by atoms with Crippen LogP contribution in [0.25, 0.3) is 0 Å². The molecule has 0 saturated heterocycles. The van der Waals surface area contributed by atoms with Gasteiger partial charge in [0, 0.05) is 0 Å². The predicted octanol–water partition coefficient (Wildman–Crippen LogP) is 1.90. The summed E-state index contributed by atoms with van der Waals surface area (Å²) in [7, 11) is 4.03. The fourth-order valence-electron chi connectivity index (χ4n) is 1.41. The molecule has 0 aromatic heterocycles. The van der Waals surface area contributed by atoms with Gasteiger partial charge in [-0.1, -0.05) is 0 Å². The fourth-order valence-corrected chi connectivity index (χ4v) is 1.41. The highest BCUT2D eigenvalue weighted by Crippen LogP contribution is 2.33. The minimum atomic E-state index is 1.01. The van der Waals surface area contributed by atoms with Gasteiger partial charge in [0.25, 0.3) is 0 Å². The summed E-state index contributed by atoms with van der Waals surface area (Å²) in [5.74, 6) is 2.02. The summed E-state index contributed by atoms with van der Waals surface area (Å²) in [6.45, 7) is 2.52. The van der Waals surface area contributed by atoms with Crippen molar-refractivity contribution in [3.63, 3.8) is 0 Å². The minimum Gasteiger partial charge on any atom is -0.459 e. The van der Waals surface area contributed by atoms with E-state index in [9.17, 15) is 0 Å². The Morgan fingerprint density at radius 3 is 1.70 bits per heavy atom. The molecule has 2 saturated carbocycles. The molecule has 0 spiro atoms. The Morgan fingerprint density at radius 2 is 1.40 bits per heavy atom. The zero-order valence-corrected chi connectivity index (χ0v) is 6.55. The Labute approximate surface area is 63.4 Å². The largest absolute Gasteiger partial charge is 0.459 e. The lowest BCUT2D eigenvalue weighted by molar-refractivity contribution is 0.340. The molecule has 2 fully saturated rings. The van der Waals surface area contributed by atoms with Gasteiger partial charge in [-0.3, -0.25) is 7.05 Å². The van der Waals surface area contributed by atoms with Crippen LogP contribution in [0.1, 0.15) is 25.7 Å². The summed E-state index contributed by atoms with van der Waals surface area (Å²) in [6, 6.07) is 0. The molecular weight excluding hydrogens is 122 g/mol. The van der Waals surface area contributed by atoms with Crippen LogP contribution in [-0.4, -0.2) is 18.0 Å². The molecule has 0 bridgehead atoms. The second kappa shape index (κ2) is 2.54. The van der Waals surface area contributed by atoms with Crippen LogP contribution in [0.5, 0.6) is 0 Å². The number of hydrogen-bond acceptors (Lipinski definition) is 1. The summed E-state index contributed by atoms with van der Waals surface area (Å²) in [4.78, 5) is 2.27. The van der Waals surface area contributed by atoms with Gasteiger partial charge >= 0.3 is 0 Å². The highest BCUT2D eigenvalue weighted by atomic mass is 15.1. The lowest BCUT2D eigenvalue weighted by atomic mass is 10.3. The Kier molecular flexibility index (Phi) is 1.69. The van der Waals surface area contributed by atoms with Gasteiger partial charge in [0.05, 0.1) is 0 Å². The minimum absolute atomic E-state index is 1.01. The summed E-state index contributed by atoms with van der Waals surface area (Å²) in [6.07, 6.45) is 5.82. The Balaban J connectivity index is 1.60. The van der Waals surface area contributed by atoms with Gasteiger partial charge in [-0.25, -0.2) is 0 Å². The van der Waals surface area contributed by atoms with Crippen molar-refractivity contribution < 1.29 is 0 Å². The van der Waals surface area contributed by atoms with Crippen LogP contribution in [0.15, 0.2) is 0 Å². The van der Waals surface area contributed by atoms with E-state index in [2.05, 4.69) is 11.9 Å². The maximum Gasteiger partial charge on any atom is -0.0275 e. The third kappa shape index (κ3) is 1.98. The fraction of sp³-hybridized carbons (Fsp3) is 0.889. The van der Waals surface area contributed by atoms with Gasteiger partial charge in [0.15, 0.2) is 0 Å². The highest BCUT2D eigenvalue weighted by Gasteiger charge is 2.24. The van der Waals surface area contributed by atoms with Gasteiger partial charge < -0.3 is 4.90 Å². The van der Waals surface area contributed by atoms with Crippen molar-refractivity contribution in [2.45, 2.75) is 25.7 Å². The predicted molar refractivity (Wildman–Crippen MR) is 42.4 cm³/mol. The van der Waals surface area contributed by atoms with Crippen LogP contribution in [-0.2, 0) is 0 Å². The zero-order chi connectivity index (χ0) is 6.97. The topological polar surface area (TPSA) is 3.24 Å². The molecule has 0 aromatic rings. The van der Waals surface area contributed by atoms with Crippen molar-refractivity contribution in [3.05, 3.63) is 7.05 Å². The molecular formula is C9H16N-. The molecule has 0 atom stereocenters. The average molecular weight is 138 g/mol. The Bertz CT molecular complexity index is 99.9. The first kappa shape index (κ1) is 6.66. The van der Waals surface area contributed by atoms with Crippen LogP contribution in [0, 0.1) is 18.9 Å². The molecule has 0 unspecified atom stereocenters. The molecule has 0 amide bonds. The van der Waals surface area contributed by atoms with Crippen molar-refractivity contribution in [2.75, 3.05) is 13.1 Å². The lowest BCUT2D eigenvalue weighted by Crippen LogP contribution is -2.20. The van der Waals surface area contributed by atoms with E-state index < -0.39 is 0 Å². The maximum atomic E-state index is 4.03. The summed E-state index contributed by atoms with van der Waals surface area (Å²) in [5, 5.41) is 0. The number of rotatable bonds is 4. The molecule has 2 aliphatic carbocycles. The first-order chi connectivity index (χ1) is 4.84. The molecule has 1 heteroatoms. The van der Waals surface area contributed by atoms with Crippen molar-refractivity contribution in [2.24, 2.45) is 11.8 Å². The van der Waals surface area contributed by atoms with Crippen molar-refractivity contribution in [1.29, 1.82) is 0 Å². The Hall–Kier alpha value is -0.0400. The molecule has 0 aliphatic heterocycles. The second-order valence-corrected chi connectivity index (χ2v) is 3.92. The van der Waals surface area contributed by atoms with Crippen LogP contribution in [0.4, 0.5) is 0 Å². The smallest absolute Gasteiger partial charge is 0.0275 e. The van der Waals surface area contributed by atoms with Crippen LogP contribution < -0.4 is 0 Å². The van der Waals surface area contributed by atoms with E-state index in [-0.39, 0.29) is 0 Å². The first-order valence-corrected chi connectivity index (χ1v) is 4.40. The van der Waals surface area contributed by atoms with Crippen molar-refractivity contribution in [1.82, 2.24) is 4.90 Å². The maximum absolute atomic E-state index is 4.03. The molecule has 2 aliphatic rings. The van der Waals surface area contributed by atoms with E-state index in [1.807, 2.05) is 0 Å². The van der Waals surface area contributed by atoms with Crippen LogP contribution >= 0.6 is 0 Å². The summed E-state index contributed by atoms with van der Waals surface area (Å²) < 4.78 is 0. The quantitative estimate of drug-likeness (QED) is 0.536. The molecule has 1 nitrogen and oxygen atoms in total. The van der Waals surface area contributed by atoms with Crippen LogP contribution in [0.2, 0.25) is 0 Å². The normalized spacial score (nSPS) is 25.8. The van der Waals surface area contributed by atoms with E-state index >= 15 is 0 Å². The average Bonchev–Trinajstić information content (AvgIpc) is 2.59. The molecule has 0 heterocycles. The second-order valence-electron chi connectivity index (χ2n) is 3.92. The van der Waals surface area contributed by atoms with Gasteiger partial charge in [-0.05, 0) is 50.6 Å². The van der Waals surface area contributed by atoms with Crippen molar-refractivity contribution >= 4 is 0 Å². The van der Waals surface area contributed by atoms with E-state index in [4.69, 9.17) is 0 Å². The van der Waals surface area contributed by atoms with Gasteiger partial charge in [0.1, 0.15) is 0 Å². The number of nitrogens with zero attached hydrogens (tertiary/aromatic N) is 1. The molecule has 0 N–H and O–H groups in total. The van der Waals surface area contributed by atoms with Gasteiger partial charge in [-0.2, -0.15) is 0 Å². The number of hydrogen-bond donors (Lipinski definition) is 0. The zero-order valence-electron chi connectivity index (χ0n) is 6.55. The SMILES string of the molecule is [CH2-]N(CC1CC1)CC1CC1. The highest BCUT2D eigenvalue weighted by molar-refractivity contribution is 4.81. The first-order valence-electron chi connectivity index (χ1n) is 4.40. The molecule has 0 aromatic carbocycles. The van der Waals surface area contributed by atoms with Crippen molar-refractivity contribution in [3.8, 4) is 0 Å². The van der Waals surface area contributed by atoms with Gasteiger partial charge in [0.2, 0.25) is 0 Å². The lowest BCUT2D eigenvalue weighted by Gasteiger charge is -2.24. The van der Waals surface area contributed by atoms with E-state index in [1.54, 1.807) is 0 Å². The van der Waals surface area contributed by atoms with E-state index in [0.717, 1.165) is 11.8 Å². The third-order valence-corrected chi connectivity index (χ3v) is 2.43. The molecule has 2 rings (SSSR count). The van der Waals surface area contributed by atoms with Crippen LogP contribution in [0.3, 0.4) is 0 Å². The molecule has 10 heavy (non-hydrogen) atoms. The standard InChI is InChI=1S/C9H16N/c1-10(6-8-2-3-8)7-9-4-5-9/h8-9H,1-7H2/q-1. The van der Waals surface area contributed by atoms with E-state index in [1.165, 1.54) is 38.8 Å². The molecule has 0 radical (unpaired) electrons. The molecule has 58 valence electrons. The summed E-state index contributed by atoms with van der Waals surface area (Å²) in [5.41, 5.74) is 0. The third-order valence-electron chi connectivity index (χ3n) is 2.43. The Morgan fingerprint density at radius 1 is 1.00 bits per heavy atom. The van der Waals surface area contributed by atoms with E-state index in [0.29, 0.717) is 0 Å².